The van der Waals surface area contributed by atoms with Gasteiger partial charge in [0.2, 0.25) is 0 Å². The quantitative estimate of drug-likeness (QED) is 0.123. The maximum atomic E-state index is 8.23. The molecule has 0 atom stereocenters. The minimum atomic E-state index is -2.22. The predicted octanol–water partition coefficient (Wildman–Crippen LogP) is 13.3. The monoisotopic (exact) mass is 924 g/mol. The normalized spacial score (nSPS) is 12.2. The maximum absolute atomic E-state index is 8.23. The van der Waals surface area contributed by atoms with Crippen LogP contribution in [0.1, 0.15) is 9.68 Å². The molecule has 3 aromatic heterocycles. The first-order valence-corrected chi connectivity index (χ1v) is 22.4. The van der Waals surface area contributed by atoms with Crippen LogP contribution < -0.4 is 5.19 Å². The van der Waals surface area contributed by atoms with Gasteiger partial charge in [-0.3, -0.25) is 0 Å². The molecule has 271 valence electrons. The summed E-state index contributed by atoms with van der Waals surface area (Å²) < 4.78 is 26.6. The minimum Gasteiger partial charge on any atom is -0.305 e. The molecule has 1 radical (unpaired) electrons. The molecule has 0 aliphatic heterocycles. The number of nitrogens with zero attached hydrogens (tertiary/aromatic N) is 2. The SMILES string of the molecule is C[Si](C)(C)c1ccc(-c2[c-]ccc(-c3ccccc3)c2)nc1.[2H]C([2H])([2H])c1cc(-c2ccccc2)cc2sc3[c-]c(-c4cc(-c5ccccc5)ccn4)ccc3c12.[Ir]. The third kappa shape index (κ3) is 8.51. The first kappa shape index (κ1) is 34.2. The van der Waals surface area contributed by atoms with Crippen LogP contribution in [0.15, 0.2) is 170 Å². The van der Waals surface area contributed by atoms with Gasteiger partial charge in [-0.25, -0.2) is 0 Å². The van der Waals surface area contributed by atoms with Gasteiger partial charge in [-0.15, -0.1) is 59.2 Å². The van der Waals surface area contributed by atoms with Gasteiger partial charge in [0.25, 0.3) is 0 Å². The van der Waals surface area contributed by atoms with Crippen molar-refractivity contribution in [2.45, 2.75) is 26.5 Å². The van der Waals surface area contributed by atoms with Crippen LogP contribution >= 0.6 is 11.3 Å². The topological polar surface area (TPSA) is 25.8 Å². The van der Waals surface area contributed by atoms with E-state index in [0.717, 1.165) is 64.9 Å². The fourth-order valence-corrected chi connectivity index (χ4v) is 8.79. The number of aryl methyl sites for hydroxylation is 1. The van der Waals surface area contributed by atoms with E-state index in [-0.39, 0.29) is 20.1 Å². The van der Waals surface area contributed by atoms with E-state index >= 15 is 0 Å². The Kier molecular flexibility index (Phi) is 10.3. The van der Waals surface area contributed by atoms with E-state index in [1.165, 1.54) is 16.3 Å². The Morgan fingerprint density at radius 2 is 1.24 bits per heavy atom. The molecule has 0 saturated carbocycles. The molecule has 9 aromatic rings. The fraction of sp³-hybridized carbons (Fsp3) is 0.0800. The number of benzene rings is 6. The van der Waals surface area contributed by atoms with Crippen LogP contribution in [0.2, 0.25) is 19.6 Å². The van der Waals surface area contributed by atoms with Crippen LogP contribution in [-0.2, 0) is 20.1 Å². The summed E-state index contributed by atoms with van der Waals surface area (Å²) in [6.45, 7) is 4.80. The van der Waals surface area contributed by atoms with Crippen molar-refractivity contribution in [3.8, 4) is 55.9 Å². The van der Waals surface area contributed by atoms with Crippen molar-refractivity contribution >= 4 is 44.8 Å². The summed E-state index contributed by atoms with van der Waals surface area (Å²) in [5, 5.41) is 3.09. The molecule has 0 N–H and O–H groups in total. The number of hydrogen-bond donors (Lipinski definition) is 0. The average molecular weight is 924 g/mol. The molecule has 55 heavy (non-hydrogen) atoms. The standard InChI is InChI=1S/C30H20NS.C20H20NSi.Ir/c1-20-16-25(22-10-6-3-7-11-22)19-29-30(20)26-13-12-24(18-28(26)32-29)27-17-23(14-15-31-27)21-8-4-2-5-9-21;1-22(2,3)19-12-13-20(21-15-19)18-11-7-10-17(14-18)16-8-5-4-6-9-16;/h2-17,19H,1H3;4-10,12-15H,1-3H3;/q2*-1;/i1D3;;. The van der Waals surface area contributed by atoms with E-state index in [0.29, 0.717) is 5.56 Å². The van der Waals surface area contributed by atoms with E-state index in [1.807, 2.05) is 97.3 Å². The third-order valence-corrected chi connectivity index (χ3v) is 12.7. The van der Waals surface area contributed by atoms with Crippen LogP contribution in [0, 0.1) is 19.0 Å². The van der Waals surface area contributed by atoms with Gasteiger partial charge in [0.1, 0.15) is 0 Å². The Morgan fingerprint density at radius 1 is 0.582 bits per heavy atom. The molecule has 0 amide bonds. The van der Waals surface area contributed by atoms with E-state index in [2.05, 4.69) is 115 Å². The second-order valence-electron chi connectivity index (χ2n) is 14.3. The Labute approximate surface area is 347 Å². The van der Waals surface area contributed by atoms with Gasteiger partial charge in [0.05, 0.1) is 8.07 Å². The zero-order chi connectivity index (χ0) is 39.6. The Hall–Kier alpha value is -5.29. The van der Waals surface area contributed by atoms with Gasteiger partial charge < -0.3 is 9.97 Å². The molecule has 9 rings (SSSR count). The molecule has 0 aliphatic carbocycles. The molecule has 0 fully saturated rings. The molecule has 0 bridgehead atoms. The van der Waals surface area contributed by atoms with Crippen molar-refractivity contribution in [1.29, 1.82) is 0 Å². The van der Waals surface area contributed by atoms with Crippen molar-refractivity contribution in [1.82, 2.24) is 9.97 Å². The first-order valence-electron chi connectivity index (χ1n) is 19.6. The summed E-state index contributed by atoms with van der Waals surface area (Å²) in [4.78, 5) is 9.24. The number of aromatic nitrogens is 2. The van der Waals surface area contributed by atoms with Crippen molar-refractivity contribution in [2.24, 2.45) is 0 Å². The van der Waals surface area contributed by atoms with Crippen molar-refractivity contribution < 1.29 is 24.2 Å². The van der Waals surface area contributed by atoms with E-state index < -0.39 is 14.9 Å². The van der Waals surface area contributed by atoms with Crippen LogP contribution in [0.5, 0.6) is 0 Å². The smallest absolute Gasteiger partial charge is 0.0795 e. The fourth-order valence-electron chi connectivity index (χ4n) is 6.59. The zero-order valence-electron chi connectivity index (χ0n) is 33.8. The number of thiophene rings is 1. The number of fused-ring (bicyclic) bond motifs is 3. The Balaban J connectivity index is 0.000000192. The summed E-state index contributed by atoms with van der Waals surface area (Å²) in [5.74, 6) is 0. The van der Waals surface area contributed by atoms with Crippen LogP contribution in [0.4, 0.5) is 0 Å². The molecule has 6 aromatic carbocycles. The van der Waals surface area contributed by atoms with Crippen LogP contribution in [0.3, 0.4) is 0 Å². The number of rotatable bonds is 6. The molecule has 2 nitrogen and oxygen atoms in total. The van der Waals surface area contributed by atoms with Gasteiger partial charge in [-0.2, -0.15) is 11.3 Å². The number of pyridine rings is 2. The summed E-state index contributed by atoms with van der Waals surface area (Å²) in [6.07, 6.45) is 3.85. The average Bonchev–Trinajstić information content (AvgIpc) is 3.62. The molecule has 0 aliphatic rings. The van der Waals surface area contributed by atoms with Crippen molar-refractivity contribution in [2.75, 3.05) is 0 Å². The van der Waals surface area contributed by atoms with Crippen molar-refractivity contribution in [3.63, 3.8) is 0 Å². The second-order valence-corrected chi connectivity index (χ2v) is 20.4. The van der Waals surface area contributed by atoms with E-state index in [9.17, 15) is 0 Å². The van der Waals surface area contributed by atoms with Gasteiger partial charge in [0.15, 0.2) is 0 Å². The summed E-state index contributed by atoms with van der Waals surface area (Å²) in [7, 11) is -1.29. The van der Waals surface area contributed by atoms with Crippen LogP contribution in [0.25, 0.3) is 76.1 Å². The van der Waals surface area contributed by atoms with Crippen LogP contribution in [-0.4, -0.2) is 18.0 Å². The number of hydrogen-bond acceptors (Lipinski definition) is 3. The summed E-state index contributed by atoms with van der Waals surface area (Å²) in [5.41, 5.74) is 10.7. The second kappa shape index (κ2) is 16.6. The molecule has 0 saturated heterocycles. The molecule has 3 heterocycles. The molecule has 5 heteroatoms. The summed E-state index contributed by atoms with van der Waals surface area (Å²) in [6, 6.07) is 59.9. The van der Waals surface area contributed by atoms with Gasteiger partial charge >= 0.3 is 0 Å². The van der Waals surface area contributed by atoms with Crippen molar-refractivity contribution in [3.05, 3.63) is 188 Å². The van der Waals surface area contributed by atoms with Gasteiger partial charge in [-0.05, 0) is 73.5 Å². The molecular formula is C50H40IrN2SSi-2. The largest absolute Gasteiger partial charge is 0.305 e. The van der Waals surface area contributed by atoms with E-state index in [4.69, 9.17) is 4.11 Å². The molecule has 0 unspecified atom stereocenters. The molecule has 0 spiro atoms. The first-order chi connectivity index (χ1) is 27.5. The maximum Gasteiger partial charge on any atom is 0.0795 e. The predicted molar refractivity (Wildman–Crippen MR) is 234 cm³/mol. The Bertz CT molecular complexity index is 2800. The minimum absolute atomic E-state index is 0. The zero-order valence-corrected chi connectivity index (χ0v) is 35.0. The van der Waals surface area contributed by atoms with Gasteiger partial charge in [-0.1, -0.05) is 146 Å². The van der Waals surface area contributed by atoms with E-state index in [1.54, 1.807) is 11.3 Å². The Morgan fingerprint density at radius 3 is 1.85 bits per heavy atom. The van der Waals surface area contributed by atoms with Gasteiger partial charge in [0, 0.05) is 41.3 Å². The summed E-state index contributed by atoms with van der Waals surface area (Å²) >= 11 is 1.58. The molecular weight excluding hydrogens is 881 g/mol. The third-order valence-electron chi connectivity index (χ3n) is 9.56.